The number of benzene rings is 1. The highest BCUT2D eigenvalue weighted by Gasteiger charge is 2.37. The van der Waals surface area contributed by atoms with Gasteiger partial charge in [0.05, 0.1) is 16.3 Å². The van der Waals surface area contributed by atoms with E-state index < -0.39 is 17.6 Å². The smallest absolute Gasteiger partial charge is 0.352 e. The molecule has 190 valence electrons. The molecule has 11 heteroatoms. The molecular weight excluding hydrogens is 496 g/mol. The fourth-order valence-corrected chi connectivity index (χ4v) is 4.86. The van der Waals surface area contributed by atoms with Crippen molar-refractivity contribution in [3.63, 3.8) is 0 Å². The van der Waals surface area contributed by atoms with E-state index in [2.05, 4.69) is 21.7 Å². The Bertz CT molecular complexity index is 1270. The van der Waals surface area contributed by atoms with E-state index in [1.54, 1.807) is 11.0 Å². The van der Waals surface area contributed by atoms with Crippen LogP contribution in [-0.2, 0) is 6.18 Å². The van der Waals surface area contributed by atoms with Crippen molar-refractivity contribution < 1.29 is 17.6 Å². The predicted molar refractivity (Wildman–Crippen MR) is 132 cm³/mol. The standard InChI is InChI=1S/C25H25ClF4N6/c1-15-7-9-36(15)24-32-21(17-5-6-20(27)19(26)12-17)13-22(33-24)35-11-10-34(14-16(35)2)23-18(25(28,29)30)4-3-8-31-23/h3-6,8,12-13,15-16H,7,9-11,14H2,1-2H3/t15?,16-/m1/s1. The number of halogens is 5. The molecule has 6 nitrogen and oxygen atoms in total. The average Bonchev–Trinajstić information content (AvgIpc) is 2.84. The third-order valence-electron chi connectivity index (χ3n) is 6.81. The number of pyridine rings is 1. The summed E-state index contributed by atoms with van der Waals surface area (Å²) in [6.45, 7) is 6.02. The normalized spacial score (nSPS) is 20.5. The third kappa shape index (κ3) is 4.66. The summed E-state index contributed by atoms with van der Waals surface area (Å²) in [6.07, 6.45) is -2.07. The first kappa shape index (κ1) is 24.5. The molecule has 0 bridgehead atoms. The maximum absolute atomic E-state index is 13.8. The first-order chi connectivity index (χ1) is 17.1. The molecule has 1 unspecified atom stereocenters. The molecule has 0 spiro atoms. The Morgan fingerprint density at radius 3 is 2.42 bits per heavy atom. The van der Waals surface area contributed by atoms with Crippen LogP contribution in [0.3, 0.4) is 0 Å². The Kier molecular flexibility index (Phi) is 6.40. The summed E-state index contributed by atoms with van der Waals surface area (Å²) in [6, 6.07) is 8.79. The summed E-state index contributed by atoms with van der Waals surface area (Å²) < 4.78 is 54.5. The van der Waals surface area contributed by atoms with Gasteiger partial charge in [-0.2, -0.15) is 18.2 Å². The van der Waals surface area contributed by atoms with Gasteiger partial charge in [0.25, 0.3) is 0 Å². The molecule has 0 saturated carbocycles. The minimum absolute atomic E-state index is 0.00402. The van der Waals surface area contributed by atoms with Crippen LogP contribution in [0.5, 0.6) is 0 Å². The highest BCUT2D eigenvalue weighted by Crippen LogP contribution is 2.37. The van der Waals surface area contributed by atoms with E-state index in [1.165, 1.54) is 24.4 Å². The lowest BCUT2D eigenvalue weighted by molar-refractivity contribution is -0.137. The second-order valence-electron chi connectivity index (χ2n) is 9.23. The number of alkyl halides is 3. The lowest BCUT2D eigenvalue weighted by Gasteiger charge is -2.43. The van der Waals surface area contributed by atoms with Gasteiger partial charge in [0.15, 0.2) is 0 Å². The molecule has 1 aromatic carbocycles. The maximum Gasteiger partial charge on any atom is 0.419 e. The second-order valence-corrected chi connectivity index (χ2v) is 9.64. The average molecular weight is 521 g/mol. The number of nitrogens with zero attached hydrogens (tertiary/aromatic N) is 6. The summed E-state index contributed by atoms with van der Waals surface area (Å²) in [7, 11) is 0. The van der Waals surface area contributed by atoms with E-state index in [4.69, 9.17) is 21.6 Å². The van der Waals surface area contributed by atoms with Crippen molar-refractivity contribution in [1.82, 2.24) is 15.0 Å². The van der Waals surface area contributed by atoms with Gasteiger partial charge in [-0.05, 0) is 50.6 Å². The first-order valence-electron chi connectivity index (χ1n) is 11.8. The summed E-state index contributed by atoms with van der Waals surface area (Å²) in [5.74, 6) is 0.666. The minimum atomic E-state index is -4.48. The van der Waals surface area contributed by atoms with Crippen molar-refractivity contribution in [3.8, 4) is 11.3 Å². The zero-order chi connectivity index (χ0) is 25.6. The molecule has 2 aromatic heterocycles. The molecule has 4 heterocycles. The van der Waals surface area contributed by atoms with Crippen LogP contribution < -0.4 is 14.7 Å². The van der Waals surface area contributed by atoms with Gasteiger partial charge in [-0.3, -0.25) is 0 Å². The molecule has 2 aliphatic heterocycles. The van der Waals surface area contributed by atoms with Crippen LogP contribution in [-0.4, -0.2) is 53.2 Å². The molecule has 0 N–H and O–H groups in total. The number of aromatic nitrogens is 3. The number of piperazine rings is 1. The van der Waals surface area contributed by atoms with Crippen LogP contribution >= 0.6 is 11.6 Å². The van der Waals surface area contributed by atoms with Gasteiger partial charge >= 0.3 is 6.18 Å². The summed E-state index contributed by atoms with van der Waals surface area (Å²) in [4.78, 5) is 19.4. The van der Waals surface area contributed by atoms with Crippen molar-refractivity contribution in [2.24, 2.45) is 0 Å². The van der Waals surface area contributed by atoms with Gasteiger partial charge < -0.3 is 14.7 Å². The number of hydrogen-bond donors (Lipinski definition) is 0. The van der Waals surface area contributed by atoms with Gasteiger partial charge in [0, 0.05) is 56.1 Å². The molecular formula is C25H25ClF4N6. The zero-order valence-electron chi connectivity index (χ0n) is 19.8. The monoisotopic (exact) mass is 520 g/mol. The van der Waals surface area contributed by atoms with E-state index in [0.29, 0.717) is 48.7 Å². The maximum atomic E-state index is 13.8. The fraction of sp³-hybridized carbons (Fsp3) is 0.400. The molecule has 0 radical (unpaired) electrons. The van der Waals surface area contributed by atoms with Crippen LogP contribution in [0, 0.1) is 5.82 Å². The minimum Gasteiger partial charge on any atom is -0.352 e. The van der Waals surface area contributed by atoms with Crippen molar-refractivity contribution in [2.75, 3.05) is 40.9 Å². The van der Waals surface area contributed by atoms with Crippen molar-refractivity contribution in [1.29, 1.82) is 0 Å². The van der Waals surface area contributed by atoms with Crippen molar-refractivity contribution >= 4 is 29.2 Å². The quantitative estimate of drug-likeness (QED) is 0.414. The number of rotatable bonds is 4. The summed E-state index contributed by atoms with van der Waals surface area (Å²) in [5.41, 5.74) is 0.529. The fourth-order valence-electron chi connectivity index (χ4n) is 4.68. The van der Waals surface area contributed by atoms with E-state index in [0.717, 1.165) is 19.0 Å². The van der Waals surface area contributed by atoms with Crippen LogP contribution in [0.1, 0.15) is 25.8 Å². The molecule has 3 aromatic rings. The molecule has 0 aliphatic carbocycles. The zero-order valence-corrected chi connectivity index (χ0v) is 20.6. The molecule has 5 rings (SSSR count). The van der Waals surface area contributed by atoms with Gasteiger partial charge in [-0.15, -0.1) is 0 Å². The lowest BCUT2D eigenvalue weighted by atomic mass is 10.1. The second kappa shape index (κ2) is 9.38. The molecule has 2 atom stereocenters. The van der Waals surface area contributed by atoms with E-state index in [9.17, 15) is 17.6 Å². The summed E-state index contributed by atoms with van der Waals surface area (Å²) >= 11 is 6.03. The number of hydrogen-bond acceptors (Lipinski definition) is 6. The number of anilines is 3. The molecule has 0 amide bonds. The van der Waals surface area contributed by atoms with Gasteiger partial charge in [-0.25, -0.2) is 14.4 Å². The Hall–Kier alpha value is -3.14. The predicted octanol–water partition coefficient (Wildman–Crippen LogP) is 5.66. The third-order valence-corrected chi connectivity index (χ3v) is 7.10. The Morgan fingerprint density at radius 1 is 0.972 bits per heavy atom. The largest absolute Gasteiger partial charge is 0.419 e. The Labute approximate surface area is 211 Å². The van der Waals surface area contributed by atoms with Gasteiger partial charge in [0.2, 0.25) is 5.95 Å². The van der Waals surface area contributed by atoms with Gasteiger partial charge in [0.1, 0.15) is 17.5 Å². The molecule has 2 aliphatic rings. The van der Waals surface area contributed by atoms with Crippen LogP contribution in [0.25, 0.3) is 11.3 Å². The van der Waals surface area contributed by atoms with Gasteiger partial charge in [-0.1, -0.05) is 11.6 Å². The topological polar surface area (TPSA) is 48.4 Å². The van der Waals surface area contributed by atoms with E-state index in [-0.39, 0.29) is 16.9 Å². The van der Waals surface area contributed by atoms with Crippen LogP contribution in [0.4, 0.5) is 35.1 Å². The van der Waals surface area contributed by atoms with E-state index >= 15 is 0 Å². The van der Waals surface area contributed by atoms with Crippen molar-refractivity contribution in [3.05, 3.63) is 59.0 Å². The van der Waals surface area contributed by atoms with Crippen LogP contribution in [0.15, 0.2) is 42.6 Å². The Balaban J connectivity index is 1.46. The van der Waals surface area contributed by atoms with E-state index in [1.807, 2.05) is 13.0 Å². The molecule has 2 fully saturated rings. The lowest BCUT2D eigenvalue weighted by Crippen LogP contribution is -2.53. The molecule has 2 saturated heterocycles. The first-order valence-corrected chi connectivity index (χ1v) is 12.1. The Morgan fingerprint density at radius 2 is 1.78 bits per heavy atom. The SMILES string of the molecule is CC1CCN1c1nc(-c2ccc(F)c(Cl)c2)cc(N2CCN(c3ncccc3C(F)(F)F)C[C@H]2C)n1. The van der Waals surface area contributed by atoms with Crippen LogP contribution in [0.2, 0.25) is 5.02 Å². The highest BCUT2D eigenvalue weighted by atomic mass is 35.5. The summed E-state index contributed by atoms with van der Waals surface area (Å²) in [5, 5.41) is 0.00402. The van der Waals surface area contributed by atoms with Crippen molar-refractivity contribution in [2.45, 2.75) is 38.5 Å². The highest BCUT2D eigenvalue weighted by molar-refractivity contribution is 6.31. The molecule has 36 heavy (non-hydrogen) atoms.